The van der Waals surface area contributed by atoms with Crippen LogP contribution in [0.4, 0.5) is 34.4 Å². The van der Waals surface area contributed by atoms with Gasteiger partial charge in [0.25, 0.3) is 0 Å². The van der Waals surface area contributed by atoms with E-state index < -0.39 is 0 Å². The van der Waals surface area contributed by atoms with E-state index in [4.69, 9.17) is 34.9 Å². The summed E-state index contributed by atoms with van der Waals surface area (Å²) in [5.41, 5.74) is 18.2. The summed E-state index contributed by atoms with van der Waals surface area (Å²) in [7, 11) is 0. The van der Waals surface area contributed by atoms with E-state index in [9.17, 15) is 0 Å². The van der Waals surface area contributed by atoms with E-state index >= 15 is 0 Å². The highest BCUT2D eigenvalue weighted by Gasteiger charge is 2.37. The van der Waals surface area contributed by atoms with Gasteiger partial charge in [-0.1, -0.05) is 267 Å². The number of anilines is 6. The molecule has 11 aromatic carbocycles. The summed E-state index contributed by atoms with van der Waals surface area (Å²) in [5.74, 6) is 2.56. The van der Waals surface area contributed by atoms with Crippen molar-refractivity contribution in [3.8, 4) is 113 Å². The molecule has 0 spiro atoms. The van der Waals surface area contributed by atoms with Gasteiger partial charge in [0.05, 0.1) is 56.8 Å². The molecule has 0 N–H and O–H groups in total. The lowest BCUT2D eigenvalue weighted by Crippen LogP contribution is -2.26. The Labute approximate surface area is 498 Å². The average Bonchev–Trinajstić information content (AvgIpc) is 0.829. The number of fused-ring (bicyclic) bond motifs is 2. The van der Waals surface area contributed by atoms with Gasteiger partial charge in [-0.05, 0) is 53.6 Å². The third-order valence-electron chi connectivity index (χ3n) is 15.5. The molecule has 4 heterocycles. The van der Waals surface area contributed by atoms with Crippen molar-refractivity contribution >= 4 is 34.4 Å². The smallest absolute Gasteiger partial charge is 0.235 e. The summed E-state index contributed by atoms with van der Waals surface area (Å²) in [6.45, 7) is 0. The standard InChI is InChI=1S/C77H51N9/c1-9-29-52(30-10-1)60-49-61(75-78-62(53-31-11-2-12-32-53)50-63(79-75)54-33-13-3-14-34-54)70(57-39-19-6-20-40-57)71(76-83-73(58-41-21-7-22-42-58)82-74(84-76)59-43-23-8-24-44-59)72(60)85-66-45-25-27-47-68(66)86(69-48-28-26-46-67(69)85)77-80-64(55-35-15-4-16-36-55)51-65(81-77)56-37-17-5-18-38-56/h1-51H. The molecule has 15 rings (SSSR count). The molecule has 1 aliphatic rings. The third-order valence-corrected chi connectivity index (χ3v) is 15.5. The zero-order valence-corrected chi connectivity index (χ0v) is 46.5. The van der Waals surface area contributed by atoms with E-state index in [0.29, 0.717) is 29.2 Å². The molecule has 0 bridgehead atoms. The fourth-order valence-corrected chi connectivity index (χ4v) is 11.5. The second-order valence-electron chi connectivity index (χ2n) is 20.9. The Morgan fingerprint density at radius 3 is 0.884 bits per heavy atom. The highest BCUT2D eigenvalue weighted by Crippen LogP contribution is 2.59. The molecule has 86 heavy (non-hydrogen) atoms. The minimum absolute atomic E-state index is 0.455. The number of para-hydroxylation sites is 4. The van der Waals surface area contributed by atoms with Crippen LogP contribution in [0.15, 0.2) is 309 Å². The fourth-order valence-electron chi connectivity index (χ4n) is 11.5. The van der Waals surface area contributed by atoms with E-state index in [2.05, 4.69) is 210 Å². The largest absolute Gasteiger partial charge is 0.305 e. The maximum Gasteiger partial charge on any atom is 0.235 e. The van der Waals surface area contributed by atoms with Crippen molar-refractivity contribution in [3.63, 3.8) is 0 Å². The minimum atomic E-state index is 0.455. The third kappa shape index (κ3) is 9.70. The highest BCUT2D eigenvalue weighted by molar-refractivity contribution is 6.11. The van der Waals surface area contributed by atoms with Crippen molar-refractivity contribution in [1.82, 2.24) is 34.9 Å². The van der Waals surface area contributed by atoms with Crippen LogP contribution in [-0.4, -0.2) is 34.9 Å². The molecule has 0 atom stereocenters. The molecule has 404 valence electrons. The molecule has 0 radical (unpaired) electrons. The van der Waals surface area contributed by atoms with Gasteiger partial charge >= 0.3 is 0 Å². The van der Waals surface area contributed by atoms with Crippen LogP contribution in [0, 0.1) is 0 Å². The number of rotatable bonds is 12. The summed E-state index contributed by atoms with van der Waals surface area (Å²) in [6.07, 6.45) is 0. The summed E-state index contributed by atoms with van der Waals surface area (Å²) in [5, 5.41) is 0. The van der Waals surface area contributed by atoms with Crippen molar-refractivity contribution < 1.29 is 0 Å². The second-order valence-corrected chi connectivity index (χ2v) is 20.9. The van der Waals surface area contributed by atoms with Crippen molar-refractivity contribution in [2.24, 2.45) is 0 Å². The molecular formula is C77H51N9. The first-order valence-electron chi connectivity index (χ1n) is 28.6. The monoisotopic (exact) mass is 1100 g/mol. The van der Waals surface area contributed by atoms with Gasteiger partial charge in [-0.25, -0.2) is 34.9 Å². The van der Waals surface area contributed by atoms with Gasteiger partial charge in [0.1, 0.15) is 0 Å². The molecule has 0 saturated heterocycles. The average molecular weight is 1100 g/mol. The van der Waals surface area contributed by atoms with Crippen molar-refractivity contribution in [2.45, 2.75) is 0 Å². The Hall–Kier alpha value is -11.8. The second kappa shape index (κ2) is 22.5. The first-order chi connectivity index (χ1) is 42.7. The maximum atomic E-state index is 5.67. The summed E-state index contributed by atoms with van der Waals surface area (Å²) < 4.78 is 0. The SMILES string of the molecule is c1ccc(-c2cc(-c3ccccc3)nc(-c3cc(-c4ccccc4)c(N4c5ccccc5N(c5nc(-c6ccccc6)cc(-c6ccccc6)n5)c5ccccc54)c(-c4nc(-c5ccccc5)nc(-c5ccccc5)n4)c3-c3ccccc3)n2)cc1. The Kier molecular flexibility index (Phi) is 13.4. The number of aromatic nitrogens is 7. The molecule has 1 aliphatic heterocycles. The number of benzene rings is 11. The van der Waals surface area contributed by atoms with E-state index in [-0.39, 0.29) is 0 Å². The lowest BCUT2D eigenvalue weighted by atomic mass is 9.85. The maximum absolute atomic E-state index is 5.67. The first kappa shape index (κ1) is 51.1. The normalized spacial score (nSPS) is 11.7. The van der Waals surface area contributed by atoms with Gasteiger partial charge in [0, 0.05) is 50.1 Å². The van der Waals surface area contributed by atoms with Crippen LogP contribution in [0.1, 0.15) is 0 Å². The molecule has 0 fully saturated rings. The zero-order chi connectivity index (χ0) is 57.2. The van der Waals surface area contributed by atoms with Crippen molar-refractivity contribution in [3.05, 3.63) is 309 Å². The van der Waals surface area contributed by atoms with Crippen molar-refractivity contribution in [2.75, 3.05) is 9.80 Å². The lowest BCUT2D eigenvalue weighted by Gasteiger charge is -2.41. The first-order valence-corrected chi connectivity index (χ1v) is 28.6. The number of hydrogen-bond donors (Lipinski definition) is 0. The summed E-state index contributed by atoms with van der Waals surface area (Å²) in [4.78, 5) is 43.4. The topological polar surface area (TPSA) is 96.7 Å². The van der Waals surface area contributed by atoms with E-state index in [1.165, 1.54) is 0 Å². The quantitative estimate of drug-likeness (QED) is 0.118. The van der Waals surface area contributed by atoms with E-state index in [1.54, 1.807) is 0 Å². The van der Waals surface area contributed by atoms with Crippen LogP contribution in [-0.2, 0) is 0 Å². The molecule has 0 amide bonds. The lowest BCUT2D eigenvalue weighted by molar-refractivity contribution is 1.06. The summed E-state index contributed by atoms with van der Waals surface area (Å²) >= 11 is 0. The van der Waals surface area contributed by atoms with Gasteiger partial charge in [0.15, 0.2) is 23.3 Å². The Morgan fingerprint density at radius 2 is 0.500 bits per heavy atom. The van der Waals surface area contributed by atoms with Gasteiger partial charge in [-0.15, -0.1) is 0 Å². The number of hydrogen-bond acceptors (Lipinski definition) is 9. The molecule has 9 nitrogen and oxygen atoms in total. The van der Waals surface area contributed by atoms with Crippen LogP contribution in [0.3, 0.4) is 0 Å². The van der Waals surface area contributed by atoms with Crippen molar-refractivity contribution in [1.29, 1.82) is 0 Å². The van der Waals surface area contributed by atoms with Crippen LogP contribution in [0.5, 0.6) is 0 Å². The predicted octanol–water partition coefficient (Wildman–Crippen LogP) is 19.4. The van der Waals surface area contributed by atoms with Gasteiger partial charge in [-0.3, -0.25) is 4.90 Å². The fraction of sp³-hybridized carbons (Fsp3) is 0. The molecule has 0 unspecified atom stereocenters. The molecule has 0 saturated carbocycles. The van der Waals surface area contributed by atoms with Crippen LogP contribution < -0.4 is 9.80 Å². The molecular weight excluding hydrogens is 1050 g/mol. The molecule has 3 aromatic heterocycles. The molecule has 0 aliphatic carbocycles. The highest BCUT2D eigenvalue weighted by atomic mass is 15.3. The van der Waals surface area contributed by atoms with Crippen LogP contribution >= 0.6 is 0 Å². The van der Waals surface area contributed by atoms with E-state index in [1.807, 2.05) is 109 Å². The number of nitrogens with zero attached hydrogens (tertiary/aromatic N) is 9. The van der Waals surface area contributed by atoms with Gasteiger partial charge < -0.3 is 4.90 Å². The Balaban J connectivity index is 1.09. The van der Waals surface area contributed by atoms with Gasteiger partial charge in [0.2, 0.25) is 5.95 Å². The predicted molar refractivity (Wildman–Crippen MR) is 348 cm³/mol. The zero-order valence-electron chi connectivity index (χ0n) is 46.5. The Bertz CT molecular complexity index is 4510. The van der Waals surface area contributed by atoms with Crippen LogP contribution in [0.25, 0.3) is 113 Å². The minimum Gasteiger partial charge on any atom is -0.305 e. The molecule has 9 heteroatoms. The molecule has 14 aromatic rings. The Morgan fingerprint density at radius 1 is 0.198 bits per heavy atom. The van der Waals surface area contributed by atoms with Crippen LogP contribution in [0.2, 0.25) is 0 Å². The van der Waals surface area contributed by atoms with E-state index in [0.717, 1.165) is 118 Å². The van der Waals surface area contributed by atoms with Gasteiger partial charge in [-0.2, -0.15) is 0 Å². The summed E-state index contributed by atoms with van der Waals surface area (Å²) in [6, 6.07) is 106.